The molecule has 0 aliphatic rings. The molecular weight excluding hydrogens is 344 g/mol. The Kier molecular flexibility index (Phi) is 5.61. The topological polar surface area (TPSA) is 97.2 Å². The normalized spacial score (nSPS) is 10.4. The number of ether oxygens (including phenoxy) is 1. The number of carbonyl (C=O) groups is 1. The Balaban J connectivity index is 1.82. The molecule has 0 fully saturated rings. The molecule has 138 valence electrons. The minimum atomic E-state index is -1.04. The number of anilines is 1. The van der Waals surface area contributed by atoms with Gasteiger partial charge in [0.25, 0.3) is 0 Å². The van der Waals surface area contributed by atoms with Crippen LogP contribution >= 0.6 is 0 Å². The SMILES string of the molecule is CCOc1ccc(-c2ccnc(NCc3ccnc(C)c3)n2)cc1C(=O)O. The quantitative estimate of drug-likeness (QED) is 0.661. The number of aryl methyl sites for hydroxylation is 1. The lowest BCUT2D eigenvalue weighted by molar-refractivity contribution is 0.0692. The summed E-state index contributed by atoms with van der Waals surface area (Å²) < 4.78 is 5.38. The van der Waals surface area contributed by atoms with Crippen molar-refractivity contribution in [2.75, 3.05) is 11.9 Å². The zero-order valence-electron chi connectivity index (χ0n) is 15.1. The van der Waals surface area contributed by atoms with E-state index >= 15 is 0 Å². The Morgan fingerprint density at radius 2 is 1.96 bits per heavy atom. The fourth-order valence-electron chi connectivity index (χ4n) is 2.64. The molecule has 0 bridgehead atoms. The fraction of sp³-hybridized carbons (Fsp3) is 0.200. The minimum Gasteiger partial charge on any atom is -0.493 e. The molecule has 27 heavy (non-hydrogen) atoms. The second-order valence-corrected chi connectivity index (χ2v) is 5.87. The summed E-state index contributed by atoms with van der Waals surface area (Å²) in [5.41, 5.74) is 3.44. The average Bonchev–Trinajstić information content (AvgIpc) is 2.67. The third kappa shape index (κ3) is 4.58. The zero-order chi connectivity index (χ0) is 19.2. The van der Waals surface area contributed by atoms with Gasteiger partial charge in [0.1, 0.15) is 11.3 Å². The Morgan fingerprint density at radius 3 is 2.70 bits per heavy atom. The molecule has 0 aliphatic heterocycles. The van der Waals surface area contributed by atoms with Crippen LogP contribution in [0.25, 0.3) is 11.3 Å². The van der Waals surface area contributed by atoms with Gasteiger partial charge in [0.15, 0.2) is 0 Å². The van der Waals surface area contributed by atoms with E-state index in [0.717, 1.165) is 11.3 Å². The van der Waals surface area contributed by atoms with Crippen LogP contribution in [0.3, 0.4) is 0 Å². The van der Waals surface area contributed by atoms with Crippen molar-refractivity contribution >= 4 is 11.9 Å². The molecule has 7 nitrogen and oxygen atoms in total. The molecule has 0 aliphatic carbocycles. The lowest BCUT2D eigenvalue weighted by Crippen LogP contribution is -2.05. The van der Waals surface area contributed by atoms with E-state index in [1.54, 1.807) is 36.7 Å². The Bertz CT molecular complexity index is 959. The smallest absolute Gasteiger partial charge is 0.339 e. The summed E-state index contributed by atoms with van der Waals surface area (Å²) in [7, 11) is 0. The molecule has 0 unspecified atom stereocenters. The predicted octanol–water partition coefficient (Wildman–Crippen LogP) is 3.56. The fourth-order valence-corrected chi connectivity index (χ4v) is 2.64. The number of nitrogens with one attached hydrogen (secondary N) is 1. The van der Waals surface area contributed by atoms with Crippen LogP contribution in [-0.4, -0.2) is 32.6 Å². The minimum absolute atomic E-state index is 0.106. The maximum atomic E-state index is 11.5. The number of rotatable bonds is 7. The van der Waals surface area contributed by atoms with Gasteiger partial charge in [-0.05, 0) is 55.8 Å². The van der Waals surface area contributed by atoms with Crippen LogP contribution in [0.1, 0.15) is 28.5 Å². The first kappa shape index (κ1) is 18.3. The Labute approximate surface area is 157 Å². The summed E-state index contributed by atoms with van der Waals surface area (Å²) in [6, 6.07) is 10.7. The first-order chi connectivity index (χ1) is 13.1. The van der Waals surface area contributed by atoms with Crippen molar-refractivity contribution in [3.8, 4) is 17.0 Å². The summed E-state index contributed by atoms with van der Waals surface area (Å²) >= 11 is 0. The zero-order valence-corrected chi connectivity index (χ0v) is 15.1. The highest BCUT2D eigenvalue weighted by atomic mass is 16.5. The highest BCUT2D eigenvalue weighted by Gasteiger charge is 2.13. The third-order valence-electron chi connectivity index (χ3n) is 3.87. The van der Waals surface area contributed by atoms with Gasteiger partial charge in [-0.25, -0.2) is 14.8 Å². The number of hydrogen-bond donors (Lipinski definition) is 2. The number of aromatic carboxylic acids is 1. The van der Waals surface area contributed by atoms with Gasteiger partial charge in [-0.1, -0.05) is 0 Å². The molecule has 0 saturated heterocycles. The van der Waals surface area contributed by atoms with Crippen molar-refractivity contribution in [1.29, 1.82) is 0 Å². The van der Waals surface area contributed by atoms with Crippen molar-refractivity contribution < 1.29 is 14.6 Å². The van der Waals surface area contributed by atoms with Crippen LogP contribution in [0.2, 0.25) is 0 Å². The highest BCUT2D eigenvalue weighted by molar-refractivity contribution is 5.92. The second kappa shape index (κ2) is 8.27. The van der Waals surface area contributed by atoms with E-state index in [2.05, 4.69) is 20.3 Å². The summed E-state index contributed by atoms with van der Waals surface area (Å²) in [4.78, 5) is 24.4. The van der Waals surface area contributed by atoms with Gasteiger partial charge >= 0.3 is 5.97 Å². The molecule has 2 N–H and O–H groups in total. The number of benzene rings is 1. The van der Waals surface area contributed by atoms with Gasteiger partial charge < -0.3 is 15.2 Å². The van der Waals surface area contributed by atoms with Crippen molar-refractivity contribution in [3.63, 3.8) is 0 Å². The lowest BCUT2D eigenvalue weighted by Gasteiger charge is -2.10. The molecule has 3 aromatic rings. The van der Waals surface area contributed by atoms with Crippen molar-refractivity contribution in [2.24, 2.45) is 0 Å². The molecule has 0 radical (unpaired) electrons. The van der Waals surface area contributed by atoms with Crippen LogP contribution in [-0.2, 0) is 6.54 Å². The number of carboxylic acids is 1. The number of pyridine rings is 1. The first-order valence-electron chi connectivity index (χ1n) is 8.55. The molecule has 3 rings (SSSR count). The maximum Gasteiger partial charge on any atom is 0.339 e. The molecule has 0 atom stereocenters. The van der Waals surface area contributed by atoms with E-state index in [1.807, 2.05) is 26.0 Å². The van der Waals surface area contributed by atoms with Gasteiger partial charge in [0.2, 0.25) is 5.95 Å². The lowest BCUT2D eigenvalue weighted by atomic mass is 10.1. The van der Waals surface area contributed by atoms with Crippen molar-refractivity contribution in [3.05, 3.63) is 65.6 Å². The predicted molar refractivity (Wildman–Crippen MR) is 102 cm³/mol. The number of hydrogen-bond acceptors (Lipinski definition) is 6. The molecule has 0 spiro atoms. The average molecular weight is 364 g/mol. The molecule has 7 heteroatoms. The van der Waals surface area contributed by atoms with Crippen molar-refractivity contribution in [1.82, 2.24) is 15.0 Å². The summed E-state index contributed by atoms with van der Waals surface area (Å²) in [5, 5.41) is 12.6. The molecule has 0 saturated carbocycles. The van der Waals surface area contributed by atoms with Crippen LogP contribution in [0.15, 0.2) is 48.8 Å². The van der Waals surface area contributed by atoms with E-state index in [0.29, 0.717) is 36.1 Å². The van der Waals surface area contributed by atoms with E-state index < -0.39 is 5.97 Å². The molecular formula is C20H20N4O3. The summed E-state index contributed by atoms with van der Waals surface area (Å²) in [6.45, 7) is 4.71. The Morgan fingerprint density at radius 1 is 1.15 bits per heavy atom. The standard InChI is InChI=1S/C20H20N4O3/c1-3-27-18-5-4-15(11-16(18)19(25)26)17-7-9-22-20(24-17)23-12-14-6-8-21-13(2)10-14/h4-11H,3,12H2,1-2H3,(H,25,26)(H,22,23,24). The summed E-state index contributed by atoms with van der Waals surface area (Å²) in [6.07, 6.45) is 3.40. The third-order valence-corrected chi connectivity index (χ3v) is 3.87. The van der Waals surface area contributed by atoms with E-state index in [-0.39, 0.29) is 5.56 Å². The van der Waals surface area contributed by atoms with Gasteiger partial charge in [-0.3, -0.25) is 4.98 Å². The van der Waals surface area contributed by atoms with Crippen LogP contribution in [0, 0.1) is 6.92 Å². The van der Waals surface area contributed by atoms with Gasteiger partial charge in [-0.15, -0.1) is 0 Å². The van der Waals surface area contributed by atoms with E-state index in [1.165, 1.54) is 0 Å². The molecule has 1 aromatic carbocycles. The second-order valence-electron chi connectivity index (χ2n) is 5.87. The molecule has 2 aromatic heterocycles. The van der Waals surface area contributed by atoms with Gasteiger partial charge in [-0.2, -0.15) is 0 Å². The van der Waals surface area contributed by atoms with Crippen molar-refractivity contribution in [2.45, 2.75) is 20.4 Å². The number of aromatic nitrogens is 3. The van der Waals surface area contributed by atoms with E-state index in [4.69, 9.17) is 4.74 Å². The van der Waals surface area contributed by atoms with Crippen LogP contribution in [0.4, 0.5) is 5.95 Å². The van der Waals surface area contributed by atoms with Gasteiger partial charge in [0, 0.05) is 30.2 Å². The highest BCUT2D eigenvalue weighted by Crippen LogP contribution is 2.26. The van der Waals surface area contributed by atoms with Crippen LogP contribution < -0.4 is 10.1 Å². The number of carboxylic acid groups (broad SMARTS) is 1. The molecule has 0 amide bonds. The first-order valence-corrected chi connectivity index (χ1v) is 8.55. The maximum absolute atomic E-state index is 11.5. The summed E-state index contributed by atoms with van der Waals surface area (Å²) in [5.74, 6) is -0.234. The van der Waals surface area contributed by atoms with Gasteiger partial charge in [0.05, 0.1) is 12.3 Å². The van der Waals surface area contributed by atoms with E-state index in [9.17, 15) is 9.90 Å². The van der Waals surface area contributed by atoms with Crippen LogP contribution in [0.5, 0.6) is 5.75 Å². The Hall–Kier alpha value is -3.48. The number of nitrogens with zero attached hydrogens (tertiary/aromatic N) is 3. The monoisotopic (exact) mass is 364 g/mol. The molecule has 2 heterocycles. The largest absolute Gasteiger partial charge is 0.493 e.